The Labute approximate surface area is 147 Å². The van der Waals surface area contributed by atoms with Gasteiger partial charge in [-0.1, -0.05) is 17.7 Å². The van der Waals surface area contributed by atoms with Crippen molar-refractivity contribution >= 4 is 17.5 Å². The predicted octanol–water partition coefficient (Wildman–Crippen LogP) is 5.09. The normalized spacial score (nSPS) is 15.6. The lowest BCUT2D eigenvalue weighted by Crippen LogP contribution is -2.28. The van der Waals surface area contributed by atoms with Crippen LogP contribution >= 0.6 is 11.6 Å². The van der Waals surface area contributed by atoms with Crippen molar-refractivity contribution in [2.24, 2.45) is 0 Å². The second-order valence-corrected chi connectivity index (χ2v) is 6.34. The summed E-state index contributed by atoms with van der Waals surface area (Å²) in [4.78, 5) is 11.5. The molecule has 7 heteroatoms. The van der Waals surface area contributed by atoms with Crippen LogP contribution in [-0.2, 0) is 5.41 Å². The van der Waals surface area contributed by atoms with Crippen LogP contribution in [0.5, 0.6) is 11.5 Å². The lowest BCUT2D eigenvalue weighted by molar-refractivity contribution is -0.160. The number of alkyl halides is 3. The van der Waals surface area contributed by atoms with Gasteiger partial charge in [-0.3, -0.25) is 4.79 Å². The van der Waals surface area contributed by atoms with E-state index in [0.29, 0.717) is 11.3 Å². The third-order valence-corrected chi connectivity index (χ3v) is 4.64. The molecule has 2 aromatic carbocycles. The van der Waals surface area contributed by atoms with Gasteiger partial charge in [-0.05, 0) is 54.8 Å². The van der Waals surface area contributed by atoms with Gasteiger partial charge < -0.3 is 10.1 Å². The summed E-state index contributed by atoms with van der Waals surface area (Å²) in [6.45, 7) is 0. The molecular weight excluding hydrogens is 355 g/mol. The minimum atomic E-state index is -4.28. The van der Waals surface area contributed by atoms with E-state index in [1.165, 1.54) is 25.2 Å². The molecule has 3 nitrogen and oxygen atoms in total. The highest BCUT2D eigenvalue weighted by molar-refractivity contribution is 6.32. The topological polar surface area (TPSA) is 38.3 Å². The van der Waals surface area contributed by atoms with E-state index in [-0.39, 0.29) is 35.1 Å². The van der Waals surface area contributed by atoms with Crippen LogP contribution < -0.4 is 10.1 Å². The summed E-state index contributed by atoms with van der Waals surface area (Å²) in [5, 5.41) is 2.62. The van der Waals surface area contributed by atoms with E-state index in [1.807, 2.05) is 0 Å². The molecule has 25 heavy (non-hydrogen) atoms. The first-order chi connectivity index (χ1) is 11.8. The molecular formula is C18H15ClF3NO2. The average molecular weight is 370 g/mol. The molecule has 132 valence electrons. The number of benzene rings is 2. The van der Waals surface area contributed by atoms with Gasteiger partial charge in [0.2, 0.25) is 0 Å². The SMILES string of the molecule is CNC(=O)c1ccc(Oc2ccc(C3(C(F)(F)F)CC3)cc2Cl)cc1. The Morgan fingerprint density at radius 1 is 1.16 bits per heavy atom. The summed E-state index contributed by atoms with van der Waals surface area (Å²) in [5.41, 5.74) is -1.14. The van der Waals surface area contributed by atoms with E-state index >= 15 is 0 Å². The van der Waals surface area contributed by atoms with Crippen molar-refractivity contribution in [3.05, 3.63) is 58.6 Å². The zero-order valence-corrected chi connectivity index (χ0v) is 14.0. The van der Waals surface area contributed by atoms with Crippen molar-refractivity contribution in [1.82, 2.24) is 5.32 Å². The minimum absolute atomic E-state index is 0.0774. The zero-order chi connectivity index (χ0) is 18.2. The molecule has 1 saturated carbocycles. The van der Waals surface area contributed by atoms with Crippen LogP contribution in [0.2, 0.25) is 5.02 Å². The second-order valence-electron chi connectivity index (χ2n) is 5.93. The fourth-order valence-corrected chi connectivity index (χ4v) is 2.91. The smallest absolute Gasteiger partial charge is 0.398 e. The Hall–Kier alpha value is -2.21. The zero-order valence-electron chi connectivity index (χ0n) is 13.3. The molecule has 0 aliphatic heterocycles. The third-order valence-electron chi connectivity index (χ3n) is 4.35. The molecule has 2 aromatic rings. The van der Waals surface area contributed by atoms with Crippen molar-refractivity contribution < 1.29 is 22.7 Å². The van der Waals surface area contributed by atoms with Crippen molar-refractivity contribution in [3.63, 3.8) is 0 Å². The molecule has 1 fully saturated rings. The van der Waals surface area contributed by atoms with Crippen molar-refractivity contribution in [1.29, 1.82) is 0 Å². The molecule has 0 spiro atoms. The average Bonchev–Trinajstić information content (AvgIpc) is 3.38. The van der Waals surface area contributed by atoms with Gasteiger partial charge in [-0.25, -0.2) is 0 Å². The van der Waals surface area contributed by atoms with Gasteiger partial charge in [0.15, 0.2) is 0 Å². The Bertz CT molecular complexity index is 799. The Morgan fingerprint density at radius 2 is 1.80 bits per heavy atom. The van der Waals surface area contributed by atoms with Crippen LogP contribution in [0.3, 0.4) is 0 Å². The fraction of sp³-hybridized carbons (Fsp3) is 0.278. The number of hydrogen-bond acceptors (Lipinski definition) is 2. The number of ether oxygens (including phenoxy) is 1. The number of hydrogen-bond donors (Lipinski definition) is 1. The van der Waals surface area contributed by atoms with E-state index in [0.717, 1.165) is 0 Å². The number of nitrogens with one attached hydrogen (secondary N) is 1. The molecule has 3 rings (SSSR count). The molecule has 1 amide bonds. The van der Waals surface area contributed by atoms with E-state index < -0.39 is 11.6 Å². The monoisotopic (exact) mass is 369 g/mol. The molecule has 0 bridgehead atoms. The molecule has 1 aliphatic rings. The summed E-state index contributed by atoms with van der Waals surface area (Å²) in [5.74, 6) is 0.464. The first kappa shape index (κ1) is 17.6. The van der Waals surface area contributed by atoms with Crippen LogP contribution in [0.15, 0.2) is 42.5 Å². The van der Waals surface area contributed by atoms with Crippen molar-refractivity contribution in [3.8, 4) is 11.5 Å². The minimum Gasteiger partial charge on any atom is -0.456 e. The lowest BCUT2D eigenvalue weighted by atomic mass is 9.95. The summed E-state index contributed by atoms with van der Waals surface area (Å²) < 4.78 is 45.2. The van der Waals surface area contributed by atoms with Crippen LogP contribution in [0.25, 0.3) is 0 Å². The molecule has 0 aromatic heterocycles. The van der Waals surface area contributed by atoms with Crippen molar-refractivity contribution in [2.75, 3.05) is 7.05 Å². The standard InChI is InChI=1S/C18H15ClF3NO2/c1-23-16(24)11-2-5-13(6-3-11)25-15-7-4-12(10-14(15)19)17(8-9-17)18(20,21)22/h2-7,10H,8-9H2,1H3,(H,23,24). The first-order valence-electron chi connectivity index (χ1n) is 7.63. The highest BCUT2D eigenvalue weighted by Gasteiger charge is 2.64. The molecule has 0 atom stereocenters. The number of rotatable bonds is 4. The van der Waals surface area contributed by atoms with Crippen LogP contribution in [-0.4, -0.2) is 19.1 Å². The molecule has 1 aliphatic carbocycles. The summed E-state index contributed by atoms with van der Waals surface area (Å²) in [6, 6.07) is 10.5. The number of halogens is 4. The van der Waals surface area contributed by atoms with Gasteiger partial charge in [-0.15, -0.1) is 0 Å². The predicted molar refractivity (Wildman–Crippen MR) is 88.3 cm³/mol. The van der Waals surface area contributed by atoms with E-state index in [2.05, 4.69) is 5.32 Å². The Balaban J connectivity index is 1.79. The van der Waals surface area contributed by atoms with E-state index in [1.54, 1.807) is 24.3 Å². The first-order valence-corrected chi connectivity index (χ1v) is 8.01. The number of carbonyl (C=O) groups excluding carboxylic acids is 1. The summed E-state index contributed by atoms with van der Waals surface area (Å²) in [6.07, 6.45) is -4.13. The second kappa shape index (κ2) is 6.26. The number of amides is 1. The van der Waals surface area contributed by atoms with Crippen LogP contribution in [0.1, 0.15) is 28.8 Å². The molecule has 0 saturated heterocycles. The highest BCUT2D eigenvalue weighted by atomic mass is 35.5. The molecule has 0 heterocycles. The third kappa shape index (κ3) is 3.31. The molecule has 1 N–H and O–H groups in total. The van der Waals surface area contributed by atoms with Gasteiger partial charge >= 0.3 is 6.18 Å². The van der Waals surface area contributed by atoms with Gasteiger partial charge in [0.1, 0.15) is 11.5 Å². The fourth-order valence-electron chi connectivity index (χ4n) is 2.69. The van der Waals surface area contributed by atoms with Crippen molar-refractivity contribution in [2.45, 2.75) is 24.4 Å². The molecule has 0 radical (unpaired) electrons. The highest BCUT2D eigenvalue weighted by Crippen LogP contribution is 2.59. The van der Waals surface area contributed by atoms with Crippen LogP contribution in [0, 0.1) is 0 Å². The van der Waals surface area contributed by atoms with Gasteiger partial charge in [-0.2, -0.15) is 13.2 Å². The van der Waals surface area contributed by atoms with Gasteiger partial charge in [0.05, 0.1) is 10.4 Å². The lowest BCUT2D eigenvalue weighted by Gasteiger charge is -2.20. The van der Waals surface area contributed by atoms with Gasteiger partial charge in [0.25, 0.3) is 5.91 Å². The molecule has 0 unspecified atom stereocenters. The summed E-state index contributed by atoms with van der Waals surface area (Å²) in [7, 11) is 1.53. The Morgan fingerprint density at radius 3 is 2.28 bits per heavy atom. The summed E-state index contributed by atoms with van der Waals surface area (Å²) >= 11 is 6.11. The van der Waals surface area contributed by atoms with E-state index in [9.17, 15) is 18.0 Å². The van der Waals surface area contributed by atoms with Crippen LogP contribution in [0.4, 0.5) is 13.2 Å². The van der Waals surface area contributed by atoms with Gasteiger partial charge in [0, 0.05) is 12.6 Å². The number of carbonyl (C=O) groups is 1. The Kier molecular flexibility index (Phi) is 4.41. The largest absolute Gasteiger partial charge is 0.456 e. The van der Waals surface area contributed by atoms with E-state index in [4.69, 9.17) is 16.3 Å². The maximum absolute atomic E-state index is 13.2. The quantitative estimate of drug-likeness (QED) is 0.815. The maximum Gasteiger partial charge on any atom is 0.398 e. The maximum atomic E-state index is 13.2.